The number of alkyl halides is 3. The van der Waals surface area contributed by atoms with Gasteiger partial charge < -0.3 is 4.90 Å². The van der Waals surface area contributed by atoms with E-state index in [2.05, 4.69) is 59.9 Å². The molecule has 0 aromatic heterocycles. The van der Waals surface area contributed by atoms with Gasteiger partial charge in [0.05, 0.1) is 11.5 Å². The van der Waals surface area contributed by atoms with Gasteiger partial charge in [-0.15, -0.1) is 0 Å². The fraction of sp³-hybridized carbons (Fsp3) is 0.423. The maximum Gasteiger partial charge on any atom is 0.416 e. The third kappa shape index (κ3) is 4.70. The Morgan fingerprint density at radius 2 is 1.58 bits per heavy atom. The summed E-state index contributed by atoms with van der Waals surface area (Å²) in [5.41, 5.74) is 2.74. The van der Waals surface area contributed by atoms with Gasteiger partial charge in [-0.1, -0.05) is 42.5 Å². The fourth-order valence-corrected chi connectivity index (χ4v) is 4.79. The van der Waals surface area contributed by atoms with Crippen LogP contribution in [0.25, 0.3) is 0 Å². The van der Waals surface area contributed by atoms with Gasteiger partial charge in [-0.2, -0.15) is 13.2 Å². The number of rotatable bonds is 5. The molecule has 0 N–H and O–H groups in total. The molecule has 1 atom stereocenters. The first-order valence-corrected chi connectivity index (χ1v) is 11.0. The van der Waals surface area contributed by atoms with Gasteiger partial charge in [0.25, 0.3) is 0 Å². The Labute approximate surface area is 182 Å². The van der Waals surface area contributed by atoms with E-state index in [1.54, 1.807) is 12.1 Å². The summed E-state index contributed by atoms with van der Waals surface area (Å²) >= 11 is 0. The highest BCUT2D eigenvalue weighted by atomic mass is 19.4. The van der Waals surface area contributed by atoms with Crippen LogP contribution in [-0.4, -0.2) is 34.3 Å². The van der Waals surface area contributed by atoms with E-state index < -0.39 is 11.7 Å². The van der Waals surface area contributed by atoms with Crippen LogP contribution in [0.4, 0.5) is 13.2 Å². The molecule has 0 spiro atoms. The van der Waals surface area contributed by atoms with Crippen LogP contribution >= 0.6 is 0 Å². The van der Waals surface area contributed by atoms with Crippen molar-refractivity contribution in [2.24, 2.45) is 5.92 Å². The van der Waals surface area contributed by atoms with Gasteiger partial charge in [0.1, 0.15) is 0 Å². The summed E-state index contributed by atoms with van der Waals surface area (Å²) in [7, 11) is 0. The first-order valence-electron chi connectivity index (χ1n) is 11.0. The Hall–Kier alpha value is -2.56. The van der Waals surface area contributed by atoms with Crippen LogP contribution in [0.15, 0.2) is 66.4 Å². The van der Waals surface area contributed by atoms with Crippen LogP contribution < -0.4 is 0 Å². The van der Waals surface area contributed by atoms with E-state index >= 15 is 0 Å². The molecule has 0 bridgehead atoms. The van der Waals surface area contributed by atoms with Crippen molar-refractivity contribution in [3.8, 4) is 0 Å². The molecule has 2 aromatic rings. The zero-order chi connectivity index (χ0) is 22.1. The normalized spacial score (nSPS) is 21.1. The molecule has 0 amide bonds. The van der Waals surface area contributed by atoms with Crippen molar-refractivity contribution >= 4 is 6.21 Å². The first-order chi connectivity index (χ1) is 14.7. The highest BCUT2D eigenvalue weighted by molar-refractivity contribution is 5.69. The molecule has 2 nitrogen and oxygen atoms in total. The molecule has 0 saturated carbocycles. The minimum absolute atomic E-state index is 0.175. The molecule has 2 aliphatic heterocycles. The maximum atomic E-state index is 13.0. The van der Waals surface area contributed by atoms with Gasteiger partial charge in [0.15, 0.2) is 18.3 Å². The first kappa shape index (κ1) is 21.7. The van der Waals surface area contributed by atoms with E-state index in [1.807, 2.05) is 6.07 Å². The number of hydrogen-bond donors (Lipinski definition) is 0. The molecular weight excluding hydrogens is 397 g/mol. The third-order valence-corrected chi connectivity index (χ3v) is 6.76. The van der Waals surface area contributed by atoms with E-state index in [4.69, 9.17) is 0 Å². The second-order valence-corrected chi connectivity index (χ2v) is 9.15. The van der Waals surface area contributed by atoms with Crippen molar-refractivity contribution in [1.82, 2.24) is 4.90 Å². The second kappa shape index (κ2) is 8.52. The van der Waals surface area contributed by atoms with Gasteiger partial charge in [-0.3, -0.25) is 0 Å². The lowest BCUT2D eigenvalue weighted by Gasteiger charge is -2.39. The zero-order valence-electron chi connectivity index (χ0n) is 18.2. The molecule has 1 fully saturated rings. The van der Waals surface area contributed by atoms with Gasteiger partial charge >= 0.3 is 6.18 Å². The topological polar surface area (TPSA) is 6.25 Å². The van der Waals surface area contributed by atoms with E-state index in [0.29, 0.717) is 6.42 Å². The van der Waals surface area contributed by atoms with Gasteiger partial charge in [0.2, 0.25) is 0 Å². The summed E-state index contributed by atoms with van der Waals surface area (Å²) in [5, 5.41) is 0. The molecule has 2 aromatic carbocycles. The minimum atomic E-state index is -4.30. The molecule has 4 rings (SSSR count). The molecule has 2 heterocycles. The molecule has 164 valence electrons. The Morgan fingerprint density at radius 1 is 0.935 bits per heavy atom. The maximum absolute atomic E-state index is 13.0. The summed E-state index contributed by atoms with van der Waals surface area (Å²) in [4.78, 5) is 2.47. The second-order valence-electron chi connectivity index (χ2n) is 9.15. The lowest BCUT2D eigenvalue weighted by atomic mass is 9.77. The van der Waals surface area contributed by atoms with E-state index in [9.17, 15) is 13.2 Å². The molecule has 0 radical (unpaired) electrons. The number of benzene rings is 2. The average Bonchev–Trinajstić information content (AvgIpc) is 3.26. The summed E-state index contributed by atoms with van der Waals surface area (Å²) in [6.45, 7) is 7.42. The molecule has 1 unspecified atom stereocenters. The molecule has 2 aliphatic rings. The quantitative estimate of drug-likeness (QED) is 0.537. The number of hydrogen-bond acceptors (Lipinski definition) is 1. The average molecular weight is 428 g/mol. The zero-order valence-corrected chi connectivity index (χ0v) is 18.2. The Balaban J connectivity index is 1.64. The summed E-state index contributed by atoms with van der Waals surface area (Å²) in [5.74, 6) is 0.191. The Morgan fingerprint density at radius 3 is 2.19 bits per heavy atom. The predicted molar refractivity (Wildman–Crippen MR) is 118 cm³/mol. The molecular formula is C26H30F3N2+. The molecule has 1 saturated heterocycles. The predicted octanol–water partition coefficient (Wildman–Crippen LogP) is 5.92. The molecule has 5 heteroatoms. The van der Waals surface area contributed by atoms with E-state index in [0.717, 1.165) is 25.2 Å². The van der Waals surface area contributed by atoms with E-state index in [1.165, 1.54) is 36.2 Å². The summed E-state index contributed by atoms with van der Waals surface area (Å²) < 4.78 is 41.4. The minimum Gasteiger partial charge on any atom is -0.374 e. The van der Waals surface area contributed by atoms with Crippen LogP contribution in [0.3, 0.4) is 0 Å². The SMILES string of the molecule is CC1(C)C(Cc2ccc(C(F)(F)F)cc2)C(N2CCCC2)=CC=[N+]1Cc1ccccc1. The van der Waals surface area contributed by atoms with Crippen LogP contribution in [-0.2, 0) is 19.1 Å². The van der Waals surface area contributed by atoms with Crippen molar-refractivity contribution in [3.63, 3.8) is 0 Å². The van der Waals surface area contributed by atoms with Crippen LogP contribution in [0.2, 0.25) is 0 Å². The summed E-state index contributed by atoms with van der Waals surface area (Å²) in [6, 6.07) is 16.1. The lowest BCUT2D eigenvalue weighted by Crippen LogP contribution is -2.50. The van der Waals surface area contributed by atoms with Crippen LogP contribution in [0, 0.1) is 5.92 Å². The molecule has 31 heavy (non-hydrogen) atoms. The van der Waals surface area contributed by atoms with Crippen molar-refractivity contribution in [3.05, 3.63) is 83.1 Å². The van der Waals surface area contributed by atoms with Gasteiger partial charge in [-0.25, -0.2) is 4.58 Å². The molecule has 0 aliphatic carbocycles. The third-order valence-electron chi connectivity index (χ3n) is 6.76. The van der Waals surface area contributed by atoms with Gasteiger partial charge in [-0.05, 0) is 37.0 Å². The van der Waals surface area contributed by atoms with E-state index in [-0.39, 0.29) is 11.5 Å². The fourth-order valence-electron chi connectivity index (χ4n) is 4.79. The number of nitrogens with zero attached hydrogens (tertiary/aromatic N) is 2. The number of halogens is 3. The Kier molecular flexibility index (Phi) is 5.96. The van der Waals surface area contributed by atoms with Crippen molar-refractivity contribution < 1.29 is 17.7 Å². The Bertz CT molecular complexity index is 950. The monoisotopic (exact) mass is 427 g/mol. The van der Waals surface area contributed by atoms with Crippen molar-refractivity contribution in [1.29, 1.82) is 0 Å². The standard InChI is InChI=1S/C26H30F3N2/c1-25(2)23(18-20-10-12-22(13-11-20)26(27,28)29)24(30-15-6-7-16-30)14-17-31(25)19-21-8-4-3-5-9-21/h3-5,8-14,17,23H,6-7,15-16,18-19H2,1-2H3/q+1. The largest absolute Gasteiger partial charge is 0.416 e. The lowest BCUT2D eigenvalue weighted by molar-refractivity contribution is -0.621. The van der Waals surface area contributed by atoms with Crippen molar-refractivity contribution in [2.45, 2.75) is 51.4 Å². The van der Waals surface area contributed by atoms with Crippen LogP contribution in [0.5, 0.6) is 0 Å². The number of allylic oxidation sites excluding steroid dienone is 1. The van der Waals surface area contributed by atoms with Gasteiger partial charge in [0, 0.05) is 44.3 Å². The number of likely N-dealkylation sites (tertiary alicyclic amines) is 1. The smallest absolute Gasteiger partial charge is 0.374 e. The van der Waals surface area contributed by atoms with Crippen molar-refractivity contribution in [2.75, 3.05) is 13.1 Å². The summed E-state index contributed by atoms with van der Waals surface area (Å²) in [6.07, 6.45) is 3.23. The highest BCUT2D eigenvalue weighted by Gasteiger charge is 2.45. The van der Waals surface area contributed by atoms with Crippen LogP contribution in [0.1, 0.15) is 43.4 Å². The highest BCUT2D eigenvalue weighted by Crippen LogP contribution is 2.37.